The minimum absolute atomic E-state index is 0.0721. The van der Waals surface area contributed by atoms with Crippen LogP contribution in [0, 0.1) is 5.92 Å². The standard InChI is InChI=1S/C22H21N5O3S/c1-12-7-8-14-16(9-12)31-20-18(14)21(29)27(11-23-20)10-17(28)24-25-19-13-5-3-4-6-15(13)26(2)22(19)30/h3-6,11-12,30H,7-10H2,1-2H3/t12-/m1/s1. The average Bonchev–Trinajstić information content (AvgIpc) is 3.24. The predicted molar refractivity (Wildman–Crippen MR) is 119 cm³/mol. The predicted octanol–water partition coefficient (Wildman–Crippen LogP) is 4.09. The Morgan fingerprint density at radius 3 is 3.00 bits per heavy atom. The maximum Gasteiger partial charge on any atom is 0.284 e. The summed E-state index contributed by atoms with van der Waals surface area (Å²) in [6, 6.07) is 7.33. The summed E-state index contributed by atoms with van der Waals surface area (Å²) in [5.74, 6) is -0.0549. The normalized spacial score (nSPS) is 16.4. The Labute approximate surface area is 181 Å². The quantitative estimate of drug-likeness (QED) is 0.490. The lowest BCUT2D eigenvalue weighted by molar-refractivity contribution is -0.118. The van der Waals surface area contributed by atoms with Crippen LogP contribution in [0.3, 0.4) is 0 Å². The van der Waals surface area contributed by atoms with E-state index in [9.17, 15) is 14.7 Å². The number of nitrogens with zero attached hydrogens (tertiary/aromatic N) is 5. The van der Waals surface area contributed by atoms with E-state index in [2.05, 4.69) is 22.1 Å². The van der Waals surface area contributed by atoms with Crippen molar-refractivity contribution in [2.75, 3.05) is 0 Å². The summed E-state index contributed by atoms with van der Waals surface area (Å²) in [5.41, 5.74) is 1.88. The van der Waals surface area contributed by atoms with Crippen molar-refractivity contribution in [1.82, 2.24) is 14.1 Å². The molecule has 1 amide bonds. The van der Waals surface area contributed by atoms with Crippen LogP contribution in [0.25, 0.3) is 21.1 Å². The molecule has 31 heavy (non-hydrogen) atoms. The molecule has 0 fully saturated rings. The number of amides is 1. The van der Waals surface area contributed by atoms with Gasteiger partial charge in [0.25, 0.3) is 11.5 Å². The van der Waals surface area contributed by atoms with E-state index in [1.54, 1.807) is 29.0 Å². The van der Waals surface area contributed by atoms with Crippen LogP contribution in [0.5, 0.6) is 5.88 Å². The maximum absolute atomic E-state index is 13.0. The van der Waals surface area contributed by atoms with Gasteiger partial charge < -0.3 is 9.67 Å². The largest absolute Gasteiger partial charge is 0.493 e. The molecule has 0 radical (unpaired) electrons. The molecule has 0 unspecified atom stereocenters. The molecule has 0 spiro atoms. The first kappa shape index (κ1) is 19.6. The van der Waals surface area contributed by atoms with Gasteiger partial charge in [0, 0.05) is 17.3 Å². The van der Waals surface area contributed by atoms with Crippen LogP contribution in [0.2, 0.25) is 0 Å². The molecule has 4 aromatic rings. The first-order valence-electron chi connectivity index (χ1n) is 10.1. The van der Waals surface area contributed by atoms with Crippen LogP contribution in [-0.2, 0) is 31.2 Å². The van der Waals surface area contributed by atoms with E-state index in [0.717, 1.165) is 35.2 Å². The minimum Gasteiger partial charge on any atom is -0.493 e. The van der Waals surface area contributed by atoms with Crippen molar-refractivity contribution < 1.29 is 9.90 Å². The maximum atomic E-state index is 13.0. The van der Waals surface area contributed by atoms with Crippen LogP contribution >= 0.6 is 11.3 Å². The van der Waals surface area contributed by atoms with Gasteiger partial charge in [-0.3, -0.25) is 14.2 Å². The Hall–Kier alpha value is -3.33. The van der Waals surface area contributed by atoms with Gasteiger partial charge in [-0.25, -0.2) is 4.98 Å². The molecule has 0 aliphatic heterocycles. The third-order valence-corrected chi connectivity index (χ3v) is 7.06. The van der Waals surface area contributed by atoms with Crippen molar-refractivity contribution in [3.8, 4) is 5.88 Å². The van der Waals surface area contributed by atoms with Crippen LogP contribution in [0.15, 0.2) is 45.6 Å². The SMILES string of the molecule is C[C@@H]1CCc2c(sc3ncn(CC(=O)N=Nc4c(O)n(C)c5ccccc45)c(=O)c23)C1. The molecule has 3 aromatic heterocycles. The third kappa shape index (κ3) is 3.25. The van der Waals surface area contributed by atoms with Gasteiger partial charge in [-0.2, -0.15) is 0 Å². The van der Waals surface area contributed by atoms with E-state index < -0.39 is 5.91 Å². The van der Waals surface area contributed by atoms with E-state index >= 15 is 0 Å². The fourth-order valence-electron chi connectivity index (χ4n) is 4.22. The highest BCUT2D eigenvalue weighted by molar-refractivity contribution is 7.18. The van der Waals surface area contributed by atoms with E-state index in [0.29, 0.717) is 16.7 Å². The topological polar surface area (TPSA) is 102 Å². The molecular formula is C22H21N5O3S. The smallest absolute Gasteiger partial charge is 0.284 e. The monoisotopic (exact) mass is 435 g/mol. The Balaban J connectivity index is 1.44. The number of azo groups is 1. The van der Waals surface area contributed by atoms with Gasteiger partial charge in [0.05, 0.1) is 17.2 Å². The molecular weight excluding hydrogens is 414 g/mol. The number of aryl methyl sites for hydroxylation is 2. The van der Waals surface area contributed by atoms with Gasteiger partial charge in [-0.15, -0.1) is 21.6 Å². The van der Waals surface area contributed by atoms with Crippen molar-refractivity contribution in [3.05, 3.63) is 51.4 Å². The van der Waals surface area contributed by atoms with Crippen LogP contribution in [0.1, 0.15) is 23.8 Å². The Bertz CT molecular complexity index is 1430. The fraction of sp³-hybridized carbons (Fsp3) is 0.318. The number of fused-ring (bicyclic) bond motifs is 4. The second-order valence-corrected chi connectivity index (χ2v) is 9.14. The number of aromatic nitrogens is 3. The van der Waals surface area contributed by atoms with Gasteiger partial charge in [-0.1, -0.05) is 25.1 Å². The Morgan fingerprint density at radius 2 is 2.16 bits per heavy atom. The lowest BCUT2D eigenvalue weighted by atomic mass is 9.89. The number of hydrogen-bond acceptors (Lipinski definition) is 6. The number of aromatic hydroxyl groups is 1. The van der Waals surface area contributed by atoms with Crippen LogP contribution < -0.4 is 5.56 Å². The van der Waals surface area contributed by atoms with E-state index in [4.69, 9.17) is 0 Å². The van der Waals surface area contributed by atoms with Gasteiger partial charge >= 0.3 is 0 Å². The second kappa shape index (κ2) is 7.42. The molecule has 0 saturated heterocycles. The van der Waals surface area contributed by atoms with Crippen LogP contribution in [0.4, 0.5) is 5.69 Å². The molecule has 1 N–H and O–H groups in total. The molecule has 1 aromatic carbocycles. The van der Waals surface area contributed by atoms with Gasteiger partial charge in [0.15, 0.2) is 5.69 Å². The molecule has 1 atom stereocenters. The number of rotatable bonds is 3. The zero-order valence-electron chi connectivity index (χ0n) is 17.2. The summed E-state index contributed by atoms with van der Waals surface area (Å²) in [6.07, 6.45) is 4.29. The molecule has 5 rings (SSSR count). The summed E-state index contributed by atoms with van der Waals surface area (Å²) in [4.78, 5) is 31.9. The van der Waals surface area contributed by atoms with Gasteiger partial charge in [0.1, 0.15) is 11.4 Å². The van der Waals surface area contributed by atoms with E-state index in [1.165, 1.54) is 15.8 Å². The zero-order chi connectivity index (χ0) is 21.7. The summed E-state index contributed by atoms with van der Waals surface area (Å²) >= 11 is 1.58. The van der Waals surface area contributed by atoms with Crippen molar-refractivity contribution in [2.45, 2.75) is 32.7 Å². The number of thiophene rings is 1. The lowest BCUT2D eigenvalue weighted by Gasteiger charge is -2.17. The summed E-state index contributed by atoms with van der Waals surface area (Å²) < 4.78 is 2.87. The highest BCUT2D eigenvalue weighted by atomic mass is 32.1. The molecule has 8 nitrogen and oxygen atoms in total. The highest BCUT2D eigenvalue weighted by Crippen LogP contribution is 2.38. The first-order chi connectivity index (χ1) is 14.9. The molecule has 0 bridgehead atoms. The van der Waals surface area contributed by atoms with Crippen molar-refractivity contribution in [3.63, 3.8) is 0 Å². The summed E-state index contributed by atoms with van der Waals surface area (Å²) in [7, 11) is 1.71. The fourth-order valence-corrected chi connectivity index (χ4v) is 5.56. The molecule has 9 heteroatoms. The summed E-state index contributed by atoms with van der Waals surface area (Å²) in [5, 5.41) is 19.4. The van der Waals surface area contributed by atoms with Crippen molar-refractivity contribution in [2.24, 2.45) is 23.2 Å². The number of para-hydroxylation sites is 1. The third-order valence-electron chi connectivity index (χ3n) is 5.90. The van der Waals surface area contributed by atoms with Crippen LogP contribution in [-0.4, -0.2) is 25.1 Å². The highest BCUT2D eigenvalue weighted by Gasteiger charge is 2.23. The minimum atomic E-state index is -0.590. The summed E-state index contributed by atoms with van der Waals surface area (Å²) in [6.45, 7) is 1.97. The Morgan fingerprint density at radius 1 is 1.35 bits per heavy atom. The second-order valence-electron chi connectivity index (χ2n) is 8.05. The van der Waals surface area contributed by atoms with E-state index in [1.807, 2.05) is 18.2 Å². The first-order valence-corrected chi connectivity index (χ1v) is 11.0. The molecule has 3 heterocycles. The Kier molecular flexibility index (Phi) is 4.70. The van der Waals surface area contributed by atoms with E-state index in [-0.39, 0.29) is 23.7 Å². The lowest BCUT2D eigenvalue weighted by Crippen LogP contribution is -2.24. The molecule has 0 saturated carbocycles. The number of carbonyl (C=O) groups excluding carboxylic acids is 1. The number of carbonyl (C=O) groups is 1. The molecule has 158 valence electrons. The number of hydrogen-bond donors (Lipinski definition) is 1. The van der Waals surface area contributed by atoms with Gasteiger partial charge in [0.2, 0.25) is 5.88 Å². The number of benzene rings is 1. The molecule has 1 aliphatic carbocycles. The van der Waals surface area contributed by atoms with Crippen molar-refractivity contribution >= 4 is 44.1 Å². The average molecular weight is 436 g/mol. The van der Waals surface area contributed by atoms with Crippen molar-refractivity contribution in [1.29, 1.82) is 0 Å². The van der Waals surface area contributed by atoms with Gasteiger partial charge in [-0.05, 0) is 36.8 Å². The molecule has 1 aliphatic rings. The zero-order valence-corrected chi connectivity index (χ0v) is 18.0.